The molecule has 4 atom stereocenters. The molecule has 2 aliphatic heterocycles. The van der Waals surface area contributed by atoms with Gasteiger partial charge in [0, 0.05) is 11.4 Å². The van der Waals surface area contributed by atoms with E-state index in [-0.39, 0.29) is 23.7 Å². The molecule has 0 bridgehead atoms. The molecule has 11 heteroatoms. The van der Waals surface area contributed by atoms with Crippen LogP contribution in [0.4, 0.5) is 0 Å². The van der Waals surface area contributed by atoms with Gasteiger partial charge in [0.2, 0.25) is 11.8 Å². The third-order valence-electron chi connectivity index (χ3n) is 5.62. The molecule has 2 amide bonds. The summed E-state index contributed by atoms with van der Waals surface area (Å²) in [6.45, 7) is 1.75. The molecule has 3 fully saturated rings. The first-order valence-electron chi connectivity index (χ1n) is 8.29. The summed E-state index contributed by atoms with van der Waals surface area (Å²) in [4.78, 5) is 38.0. The summed E-state index contributed by atoms with van der Waals surface area (Å²) in [6, 6.07) is 4.34. The topological polar surface area (TPSA) is 117 Å². The van der Waals surface area contributed by atoms with Gasteiger partial charge >= 0.3 is 5.97 Å². The molecule has 0 spiro atoms. The van der Waals surface area contributed by atoms with E-state index in [1.165, 1.54) is 21.3 Å². The van der Waals surface area contributed by atoms with Crippen LogP contribution in [0.5, 0.6) is 0 Å². The number of fused-ring (bicyclic) bond motifs is 4. The van der Waals surface area contributed by atoms with Gasteiger partial charge in [-0.3, -0.25) is 9.59 Å². The fourth-order valence-corrected chi connectivity index (χ4v) is 6.22. The van der Waals surface area contributed by atoms with E-state index in [2.05, 4.69) is 15.6 Å². The lowest BCUT2D eigenvalue weighted by molar-refractivity contribution is -0.163. The molecule has 1 saturated carbocycles. The quantitative estimate of drug-likeness (QED) is 0.707. The Balaban J connectivity index is 1.30. The van der Waals surface area contributed by atoms with Gasteiger partial charge in [0.05, 0.1) is 10.3 Å². The Morgan fingerprint density at radius 2 is 2.26 bits per heavy atom. The third kappa shape index (κ3) is 2.05. The highest BCUT2D eigenvalue weighted by atomic mass is 35.5. The van der Waals surface area contributed by atoms with Gasteiger partial charge < -0.3 is 15.3 Å². The Labute approximate surface area is 162 Å². The molecule has 2 N–H and O–H groups in total. The van der Waals surface area contributed by atoms with Crippen molar-refractivity contribution < 1.29 is 19.5 Å². The molecule has 140 valence electrons. The number of nitrogens with one attached hydrogen (secondary N) is 1. The first-order chi connectivity index (χ1) is 12.8. The molecular formula is C16H14ClN5O4S. The number of carboxylic acid groups (broad SMARTS) is 1. The standard InChI is InChI=1S/C16H14ClN5O4S/c1-15-6-16(15,14(25)26)22-12(24)11(13(22)27-15)18-10(23)5-21-9-3-2-7(17)4-8(9)19-20-21/h2-4,11,13H,5-6H2,1H3,(H,18,23)(H,25,26)/t11?,13-,15?,16?/m0/s1. The smallest absolute Gasteiger partial charge is 0.331 e. The van der Waals surface area contributed by atoms with Crippen molar-refractivity contribution in [3.63, 3.8) is 0 Å². The molecular weight excluding hydrogens is 394 g/mol. The SMILES string of the molecule is CC12CC1(C(=O)O)N1C(=O)C(NC(=O)Cn3nnc4cc(Cl)ccc43)[C@@H]1S2. The lowest BCUT2D eigenvalue weighted by Crippen LogP contribution is -2.72. The molecule has 5 rings (SSSR count). The van der Waals surface area contributed by atoms with Crippen LogP contribution in [0, 0.1) is 0 Å². The Bertz CT molecular complexity index is 1040. The maximum absolute atomic E-state index is 12.5. The average Bonchev–Trinajstić information content (AvgIpc) is 2.92. The molecule has 27 heavy (non-hydrogen) atoms. The number of hydrogen-bond donors (Lipinski definition) is 2. The van der Waals surface area contributed by atoms with Crippen molar-refractivity contribution >= 4 is 52.2 Å². The van der Waals surface area contributed by atoms with Gasteiger partial charge in [-0.2, -0.15) is 0 Å². The zero-order valence-electron chi connectivity index (χ0n) is 14.0. The molecule has 3 heterocycles. The van der Waals surface area contributed by atoms with Crippen LogP contribution in [-0.2, 0) is 20.9 Å². The van der Waals surface area contributed by atoms with E-state index in [1.54, 1.807) is 18.2 Å². The largest absolute Gasteiger partial charge is 0.479 e. The first kappa shape index (κ1) is 16.8. The van der Waals surface area contributed by atoms with Crippen molar-refractivity contribution in [2.75, 3.05) is 0 Å². The molecule has 0 radical (unpaired) electrons. The molecule has 1 aliphatic carbocycles. The third-order valence-corrected chi connectivity index (χ3v) is 7.58. The minimum Gasteiger partial charge on any atom is -0.479 e. The summed E-state index contributed by atoms with van der Waals surface area (Å²) < 4.78 is 0.946. The van der Waals surface area contributed by atoms with Gasteiger partial charge in [0.15, 0.2) is 5.54 Å². The Morgan fingerprint density at radius 1 is 1.48 bits per heavy atom. The monoisotopic (exact) mass is 407 g/mol. The van der Waals surface area contributed by atoms with Crippen molar-refractivity contribution in [2.24, 2.45) is 0 Å². The Kier molecular flexibility index (Phi) is 3.20. The van der Waals surface area contributed by atoms with E-state index in [9.17, 15) is 19.5 Å². The fourth-order valence-electron chi connectivity index (χ4n) is 4.13. The predicted molar refractivity (Wildman–Crippen MR) is 96.1 cm³/mol. The number of carbonyl (C=O) groups is 3. The number of amides is 2. The number of carbonyl (C=O) groups excluding carboxylic acids is 2. The van der Waals surface area contributed by atoms with Crippen molar-refractivity contribution in [1.82, 2.24) is 25.2 Å². The fraction of sp³-hybridized carbons (Fsp3) is 0.438. The van der Waals surface area contributed by atoms with Gasteiger partial charge in [-0.05, 0) is 25.1 Å². The second-order valence-electron chi connectivity index (χ2n) is 7.22. The van der Waals surface area contributed by atoms with Crippen molar-refractivity contribution in [1.29, 1.82) is 0 Å². The number of hydrogen-bond acceptors (Lipinski definition) is 6. The first-order valence-corrected chi connectivity index (χ1v) is 9.55. The summed E-state index contributed by atoms with van der Waals surface area (Å²) in [6.07, 6.45) is 0.441. The lowest BCUT2D eigenvalue weighted by atomic mass is 10.0. The predicted octanol–water partition coefficient (Wildman–Crippen LogP) is 0.470. The second kappa shape index (κ2) is 5.14. The molecule has 9 nitrogen and oxygen atoms in total. The van der Waals surface area contributed by atoms with Gasteiger partial charge in [-0.15, -0.1) is 16.9 Å². The van der Waals surface area contributed by atoms with Crippen molar-refractivity contribution in [2.45, 2.75) is 41.6 Å². The average molecular weight is 408 g/mol. The Morgan fingerprint density at radius 3 is 3.00 bits per heavy atom. The van der Waals surface area contributed by atoms with Gasteiger partial charge in [-0.25, -0.2) is 9.48 Å². The summed E-state index contributed by atoms with van der Waals surface area (Å²) in [5.41, 5.74) is 0.107. The Hall–Kier alpha value is -2.33. The maximum Gasteiger partial charge on any atom is 0.331 e. The van der Waals surface area contributed by atoms with E-state index in [1.807, 2.05) is 6.92 Å². The molecule has 1 aromatic carbocycles. The molecule has 2 saturated heterocycles. The summed E-state index contributed by atoms with van der Waals surface area (Å²) in [7, 11) is 0. The number of β-lactam (4-membered cyclic amide) rings is 1. The molecule has 1 aromatic heterocycles. The van der Waals surface area contributed by atoms with E-state index < -0.39 is 22.3 Å². The van der Waals surface area contributed by atoms with E-state index in [4.69, 9.17) is 11.6 Å². The minimum atomic E-state index is -1.12. The van der Waals surface area contributed by atoms with Crippen molar-refractivity contribution in [3.05, 3.63) is 23.2 Å². The number of carboxylic acids is 1. The normalized spacial score (nSPS) is 33.4. The summed E-state index contributed by atoms with van der Waals surface area (Å²) >= 11 is 7.36. The molecule has 2 aromatic rings. The summed E-state index contributed by atoms with van der Waals surface area (Å²) in [5, 5.41) is 20.4. The van der Waals surface area contributed by atoms with Crippen LogP contribution in [0.2, 0.25) is 5.02 Å². The second-order valence-corrected chi connectivity index (χ2v) is 9.27. The van der Waals surface area contributed by atoms with Crippen LogP contribution in [0.15, 0.2) is 18.2 Å². The number of thioether (sulfide) groups is 1. The highest BCUT2D eigenvalue weighted by Crippen LogP contribution is 2.71. The van der Waals surface area contributed by atoms with E-state index >= 15 is 0 Å². The van der Waals surface area contributed by atoms with Crippen LogP contribution >= 0.6 is 23.4 Å². The zero-order valence-corrected chi connectivity index (χ0v) is 15.6. The number of aromatic nitrogens is 3. The minimum absolute atomic E-state index is 0.0966. The van der Waals surface area contributed by atoms with Gasteiger partial charge in [0.25, 0.3) is 0 Å². The van der Waals surface area contributed by atoms with Crippen LogP contribution in [0.25, 0.3) is 11.0 Å². The number of halogens is 1. The molecule has 3 aliphatic rings. The van der Waals surface area contributed by atoms with Crippen molar-refractivity contribution in [3.8, 4) is 0 Å². The molecule has 3 unspecified atom stereocenters. The van der Waals surface area contributed by atoms with Gasteiger partial charge in [0.1, 0.15) is 23.5 Å². The number of nitrogens with zero attached hydrogens (tertiary/aromatic N) is 4. The van der Waals surface area contributed by atoms with Crippen LogP contribution in [-0.4, -0.2) is 64.5 Å². The highest BCUT2D eigenvalue weighted by molar-refractivity contribution is 8.02. The maximum atomic E-state index is 12.5. The lowest BCUT2D eigenvalue weighted by Gasteiger charge is -2.45. The number of benzene rings is 1. The van der Waals surface area contributed by atoms with E-state index in [0.717, 1.165) is 0 Å². The number of aliphatic carboxylic acids is 1. The highest BCUT2D eigenvalue weighted by Gasteiger charge is 2.85. The number of rotatable bonds is 4. The van der Waals surface area contributed by atoms with Gasteiger partial charge in [-0.1, -0.05) is 16.8 Å². The zero-order chi connectivity index (χ0) is 19.1. The van der Waals surface area contributed by atoms with Crippen LogP contribution in [0.1, 0.15) is 13.3 Å². The van der Waals surface area contributed by atoms with E-state index in [0.29, 0.717) is 22.5 Å². The van der Waals surface area contributed by atoms with Crippen LogP contribution in [0.3, 0.4) is 0 Å². The summed E-state index contributed by atoms with van der Waals surface area (Å²) in [5.74, 6) is -1.71. The van der Waals surface area contributed by atoms with Crippen LogP contribution < -0.4 is 5.32 Å².